The van der Waals surface area contributed by atoms with E-state index < -0.39 is 6.36 Å². The van der Waals surface area contributed by atoms with Crippen molar-refractivity contribution in [1.29, 1.82) is 0 Å². The molecular formula is C16H16F3NO. The molecule has 1 atom stereocenters. The Hall–Kier alpha value is -2.01. The summed E-state index contributed by atoms with van der Waals surface area (Å²) in [5.74, 6) is -0.166. The van der Waals surface area contributed by atoms with E-state index in [4.69, 9.17) is 0 Å². The van der Waals surface area contributed by atoms with Crippen molar-refractivity contribution < 1.29 is 17.9 Å². The van der Waals surface area contributed by atoms with E-state index in [1.54, 1.807) is 19.2 Å². The van der Waals surface area contributed by atoms with E-state index in [2.05, 4.69) is 10.1 Å². The van der Waals surface area contributed by atoms with Crippen LogP contribution in [-0.4, -0.2) is 13.4 Å². The summed E-state index contributed by atoms with van der Waals surface area (Å²) in [6.45, 7) is 0. The first-order chi connectivity index (χ1) is 9.99. The Morgan fingerprint density at radius 1 is 1.00 bits per heavy atom. The molecule has 0 spiro atoms. The Morgan fingerprint density at radius 3 is 2.24 bits per heavy atom. The zero-order valence-electron chi connectivity index (χ0n) is 11.5. The summed E-state index contributed by atoms with van der Waals surface area (Å²) < 4.78 is 41.5. The van der Waals surface area contributed by atoms with Crippen LogP contribution in [-0.2, 0) is 6.42 Å². The fourth-order valence-electron chi connectivity index (χ4n) is 2.20. The van der Waals surface area contributed by atoms with Gasteiger partial charge in [0, 0.05) is 11.6 Å². The average Bonchev–Trinajstić information content (AvgIpc) is 2.45. The van der Waals surface area contributed by atoms with E-state index in [0.29, 0.717) is 12.0 Å². The lowest BCUT2D eigenvalue weighted by Crippen LogP contribution is -2.23. The van der Waals surface area contributed by atoms with Gasteiger partial charge < -0.3 is 10.1 Å². The number of likely N-dealkylation sites (N-methyl/N-ethyl adjacent to an activating group) is 1. The molecule has 1 N–H and O–H groups in total. The van der Waals surface area contributed by atoms with Crippen molar-refractivity contribution >= 4 is 0 Å². The summed E-state index contributed by atoms with van der Waals surface area (Å²) in [5, 5.41) is 3.05. The fraction of sp³-hybridized carbons (Fsp3) is 0.250. The molecule has 0 radical (unpaired) electrons. The second-order valence-electron chi connectivity index (χ2n) is 4.62. The third-order valence-corrected chi connectivity index (χ3v) is 3.15. The third kappa shape index (κ3) is 4.49. The molecule has 0 saturated carbocycles. The standard InChI is InChI=1S/C16H16F3NO/c1-20-14(11-12-7-3-2-4-8-12)13-9-5-6-10-15(13)21-16(17,18)19/h2-10,14,20H,11H2,1H3. The molecule has 2 nitrogen and oxygen atoms in total. The Kier molecular flexibility index (Phi) is 4.85. The van der Waals surface area contributed by atoms with E-state index in [0.717, 1.165) is 5.56 Å². The third-order valence-electron chi connectivity index (χ3n) is 3.15. The van der Waals surface area contributed by atoms with Crippen molar-refractivity contribution in [3.05, 3.63) is 65.7 Å². The minimum absolute atomic E-state index is 0.166. The highest BCUT2D eigenvalue weighted by atomic mass is 19.4. The van der Waals surface area contributed by atoms with Crippen LogP contribution < -0.4 is 10.1 Å². The van der Waals surface area contributed by atoms with Crippen LogP contribution in [0.25, 0.3) is 0 Å². The van der Waals surface area contributed by atoms with Crippen LogP contribution in [0.15, 0.2) is 54.6 Å². The zero-order chi connectivity index (χ0) is 15.3. The molecule has 0 aromatic heterocycles. The average molecular weight is 295 g/mol. The molecule has 2 aromatic rings. The van der Waals surface area contributed by atoms with Crippen molar-refractivity contribution in [2.24, 2.45) is 0 Å². The van der Waals surface area contributed by atoms with Gasteiger partial charge in [0.1, 0.15) is 5.75 Å². The van der Waals surface area contributed by atoms with E-state index in [-0.39, 0.29) is 11.8 Å². The van der Waals surface area contributed by atoms with Gasteiger partial charge in [0.2, 0.25) is 0 Å². The van der Waals surface area contributed by atoms with Gasteiger partial charge in [0.25, 0.3) is 0 Å². The number of rotatable bonds is 5. The molecule has 112 valence electrons. The van der Waals surface area contributed by atoms with E-state index in [1.165, 1.54) is 12.1 Å². The number of nitrogens with one attached hydrogen (secondary N) is 1. The molecule has 5 heteroatoms. The van der Waals surface area contributed by atoms with Gasteiger partial charge in [-0.1, -0.05) is 48.5 Å². The summed E-state index contributed by atoms with van der Waals surface area (Å²) in [6, 6.07) is 15.5. The number of benzene rings is 2. The summed E-state index contributed by atoms with van der Waals surface area (Å²) in [4.78, 5) is 0. The van der Waals surface area contributed by atoms with Crippen LogP contribution in [0, 0.1) is 0 Å². The number of halogens is 3. The summed E-state index contributed by atoms with van der Waals surface area (Å²) in [7, 11) is 1.72. The highest BCUT2D eigenvalue weighted by Gasteiger charge is 2.32. The van der Waals surface area contributed by atoms with Gasteiger partial charge in [0.05, 0.1) is 0 Å². The molecule has 1 unspecified atom stereocenters. The maximum absolute atomic E-state index is 12.5. The lowest BCUT2D eigenvalue weighted by atomic mass is 9.98. The molecule has 0 amide bonds. The van der Waals surface area contributed by atoms with Gasteiger partial charge in [-0.2, -0.15) is 0 Å². The zero-order valence-corrected chi connectivity index (χ0v) is 11.5. The maximum atomic E-state index is 12.5. The molecule has 0 aliphatic rings. The quantitative estimate of drug-likeness (QED) is 0.897. The largest absolute Gasteiger partial charge is 0.573 e. The number of ether oxygens (including phenoxy) is 1. The lowest BCUT2D eigenvalue weighted by Gasteiger charge is -2.21. The fourth-order valence-corrected chi connectivity index (χ4v) is 2.20. The molecule has 0 saturated heterocycles. The first-order valence-electron chi connectivity index (χ1n) is 6.55. The minimum Gasteiger partial charge on any atom is -0.405 e. The van der Waals surface area contributed by atoms with Crippen LogP contribution in [0.2, 0.25) is 0 Å². The molecule has 0 aliphatic heterocycles. The molecule has 0 aliphatic carbocycles. The molecule has 2 aromatic carbocycles. The SMILES string of the molecule is CNC(Cc1ccccc1)c1ccccc1OC(F)(F)F. The Morgan fingerprint density at radius 2 is 1.62 bits per heavy atom. The van der Waals surface area contributed by atoms with Crippen LogP contribution in [0.1, 0.15) is 17.2 Å². The smallest absolute Gasteiger partial charge is 0.405 e. The van der Waals surface area contributed by atoms with E-state index >= 15 is 0 Å². The molecule has 0 fully saturated rings. The van der Waals surface area contributed by atoms with Crippen molar-refractivity contribution in [1.82, 2.24) is 5.32 Å². The van der Waals surface area contributed by atoms with Crippen molar-refractivity contribution in [2.45, 2.75) is 18.8 Å². The van der Waals surface area contributed by atoms with Gasteiger partial charge in [-0.3, -0.25) is 0 Å². The Labute approximate surface area is 121 Å². The molecule has 0 heterocycles. The van der Waals surface area contributed by atoms with E-state index in [1.807, 2.05) is 30.3 Å². The van der Waals surface area contributed by atoms with E-state index in [9.17, 15) is 13.2 Å². The van der Waals surface area contributed by atoms with Gasteiger partial charge in [-0.15, -0.1) is 13.2 Å². The Bertz CT molecular complexity index is 569. The molecular weight excluding hydrogens is 279 g/mol. The van der Waals surface area contributed by atoms with Crippen molar-refractivity contribution in [3.8, 4) is 5.75 Å². The molecule has 2 rings (SSSR count). The molecule has 21 heavy (non-hydrogen) atoms. The maximum Gasteiger partial charge on any atom is 0.573 e. The monoisotopic (exact) mass is 295 g/mol. The normalized spacial score (nSPS) is 13.0. The predicted molar refractivity (Wildman–Crippen MR) is 75.1 cm³/mol. The van der Waals surface area contributed by atoms with Crippen molar-refractivity contribution in [2.75, 3.05) is 7.05 Å². The first-order valence-corrected chi connectivity index (χ1v) is 6.55. The lowest BCUT2D eigenvalue weighted by molar-refractivity contribution is -0.275. The second kappa shape index (κ2) is 6.63. The summed E-state index contributed by atoms with van der Waals surface area (Å²) in [6.07, 6.45) is -4.11. The first kappa shape index (κ1) is 15.4. The topological polar surface area (TPSA) is 21.3 Å². The highest BCUT2D eigenvalue weighted by Crippen LogP contribution is 2.31. The van der Waals surface area contributed by atoms with Crippen LogP contribution in [0.5, 0.6) is 5.75 Å². The van der Waals surface area contributed by atoms with Crippen LogP contribution in [0.4, 0.5) is 13.2 Å². The predicted octanol–water partition coefficient (Wildman–Crippen LogP) is 4.09. The number of hydrogen-bond acceptors (Lipinski definition) is 2. The highest BCUT2D eigenvalue weighted by molar-refractivity contribution is 5.37. The van der Waals surface area contributed by atoms with Gasteiger partial charge >= 0.3 is 6.36 Å². The van der Waals surface area contributed by atoms with Gasteiger partial charge in [-0.25, -0.2) is 0 Å². The van der Waals surface area contributed by atoms with Crippen molar-refractivity contribution in [3.63, 3.8) is 0 Å². The number of hydrogen-bond donors (Lipinski definition) is 1. The van der Waals surface area contributed by atoms with Gasteiger partial charge in [-0.05, 0) is 25.1 Å². The van der Waals surface area contributed by atoms with Gasteiger partial charge in [0.15, 0.2) is 0 Å². The minimum atomic E-state index is -4.69. The Balaban J connectivity index is 2.26. The summed E-state index contributed by atoms with van der Waals surface area (Å²) >= 11 is 0. The summed E-state index contributed by atoms with van der Waals surface area (Å²) in [5.41, 5.74) is 1.53. The number of alkyl halides is 3. The van der Waals surface area contributed by atoms with Crippen LogP contribution in [0.3, 0.4) is 0 Å². The number of para-hydroxylation sites is 1. The molecule has 0 bridgehead atoms. The van der Waals surface area contributed by atoms with Crippen LogP contribution >= 0.6 is 0 Å². The second-order valence-corrected chi connectivity index (χ2v) is 4.62.